The Kier molecular flexibility index (Phi) is 6.38. The van der Waals surface area contributed by atoms with Gasteiger partial charge in [0.1, 0.15) is 5.82 Å². The normalized spacial score (nSPS) is 16.2. The number of halogens is 1. The molecule has 2 aliphatic rings. The second-order valence-corrected chi connectivity index (χ2v) is 9.61. The summed E-state index contributed by atoms with van der Waals surface area (Å²) in [6, 6.07) is 20.9. The van der Waals surface area contributed by atoms with Gasteiger partial charge in [-0.25, -0.2) is 4.39 Å². The van der Waals surface area contributed by atoms with Crippen LogP contribution in [0.3, 0.4) is 0 Å². The first kappa shape index (κ1) is 22.0. The summed E-state index contributed by atoms with van der Waals surface area (Å²) in [6.45, 7) is 4.60. The summed E-state index contributed by atoms with van der Waals surface area (Å²) in [7, 11) is 0. The Hall–Kier alpha value is -2.83. The highest BCUT2D eigenvalue weighted by atomic mass is 32.2. The number of rotatable bonds is 6. The maximum Gasteiger partial charge on any atom is 0.251 e. The molecule has 5 rings (SSSR count). The van der Waals surface area contributed by atoms with Crippen LogP contribution in [0.15, 0.2) is 76.5 Å². The third-order valence-electron chi connectivity index (χ3n) is 6.45. The molecule has 1 N–H and O–H groups in total. The molecule has 3 aromatic rings. The maximum atomic E-state index is 14.0. The monoisotopic (exact) mass is 461 g/mol. The van der Waals surface area contributed by atoms with Gasteiger partial charge in [-0.05, 0) is 55.7 Å². The fourth-order valence-corrected chi connectivity index (χ4v) is 5.86. The van der Waals surface area contributed by atoms with Gasteiger partial charge < -0.3 is 10.2 Å². The van der Waals surface area contributed by atoms with Crippen molar-refractivity contribution in [1.29, 1.82) is 0 Å². The summed E-state index contributed by atoms with van der Waals surface area (Å²) in [5, 5.41) is 2.88. The number of nitrogens with zero attached hydrogens (tertiary/aromatic N) is 2. The Morgan fingerprint density at radius 3 is 2.52 bits per heavy atom. The topological polar surface area (TPSA) is 35.6 Å². The number of benzene rings is 3. The lowest BCUT2D eigenvalue weighted by molar-refractivity contribution is 0.0950. The summed E-state index contributed by atoms with van der Waals surface area (Å²) in [5.41, 5.74) is 3.33. The second-order valence-electron chi connectivity index (χ2n) is 8.53. The van der Waals surface area contributed by atoms with Gasteiger partial charge in [0.05, 0.1) is 17.5 Å². The largest absolute Gasteiger partial charge is 0.348 e. The van der Waals surface area contributed by atoms with Crippen molar-refractivity contribution < 1.29 is 9.18 Å². The van der Waals surface area contributed by atoms with Gasteiger partial charge in [-0.3, -0.25) is 9.69 Å². The van der Waals surface area contributed by atoms with E-state index in [1.54, 1.807) is 30.0 Å². The van der Waals surface area contributed by atoms with Gasteiger partial charge in [0, 0.05) is 40.6 Å². The van der Waals surface area contributed by atoms with E-state index < -0.39 is 0 Å². The standard InChI is InChI=1S/C27H28FN3OS/c1-2-26(30-15-7-8-16-30)31-22-11-5-6-12-24(22)33-25-14-13-19(17-23(25)31)27(32)29-18-20-9-3-4-10-21(20)28/h3-6,9-14,17,26H,2,7-8,15-16,18H2,1H3,(H,29,32). The van der Waals surface area contributed by atoms with E-state index in [0.29, 0.717) is 11.1 Å². The molecule has 2 heterocycles. The van der Waals surface area contributed by atoms with E-state index in [1.807, 2.05) is 18.2 Å². The molecule has 3 aromatic carbocycles. The SMILES string of the molecule is CCC(N1CCCC1)N1c2ccccc2Sc2ccc(C(=O)NCc3ccccc3F)cc21. The molecule has 33 heavy (non-hydrogen) atoms. The smallest absolute Gasteiger partial charge is 0.251 e. The van der Waals surface area contributed by atoms with Crippen molar-refractivity contribution >= 4 is 29.0 Å². The Balaban J connectivity index is 1.47. The fourth-order valence-electron chi connectivity index (χ4n) is 4.81. The van der Waals surface area contributed by atoms with Crippen LogP contribution in [0.25, 0.3) is 0 Å². The highest BCUT2D eigenvalue weighted by molar-refractivity contribution is 7.99. The number of hydrogen-bond acceptors (Lipinski definition) is 4. The summed E-state index contributed by atoms with van der Waals surface area (Å²) >= 11 is 1.75. The summed E-state index contributed by atoms with van der Waals surface area (Å²) < 4.78 is 14.0. The lowest BCUT2D eigenvalue weighted by atomic mass is 10.1. The van der Waals surface area contributed by atoms with E-state index in [2.05, 4.69) is 46.3 Å². The number of nitrogens with one attached hydrogen (secondary N) is 1. The van der Waals surface area contributed by atoms with Crippen LogP contribution in [0.5, 0.6) is 0 Å². The number of hydrogen-bond donors (Lipinski definition) is 1. The Morgan fingerprint density at radius 2 is 1.73 bits per heavy atom. The van der Waals surface area contributed by atoms with E-state index in [0.717, 1.165) is 30.1 Å². The zero-order valence-electron chi connectivity index (χ0n) is 18.8. The number of amides is 1. The lowest BCUT2D eigenvalue weighted by Crippen LogP contribution is -2.45. The molecule has 6 heteroatoms. The van der Waals surface area contributed by atoms with Crippen molar-refractivity contribution in [3.05, 3.63) is 83.7 Å². The van der Waals surface area contributed by atoms with Crippen molar-refractivity contribution in [2.45, 2.75) is 48.7 Å². The summed E-state index contributed by atoms with van der Waals surface area (Å²) in [4.78, 5) is 20.4. The Bertz CT molecular complexity index is 1160. The third-order valence-corrected chi connectivity index (χ3v) is 7.58. The van der Waals surface area contributed by atoms with Gasteiger partial charge in [-0.2, -0.15) is 0 Å². The molecule has 0 saturated carbocycles. The molecule has 0 spiro atoms. The van der Waals surface area contributed by atoms with Crippen LogP contribution in [0, 0.1) is 5.82 Å². The van der Waals surface area contributed by atoms with Crippen molar-refractivity contribution in [2.75, 3.05) is 18.0 Å². The Labute approximate surface area is 198 Å². The molecule has 1 fully saturated rings. The maximum absolute atomic E-state index is 14.0. The first-order valence-corrected chi connectivity index (χ1v) is 12.4. The highest BCUT2D eigenvalue weighted by Crippen LogP contribution is 2.50. The summed E-state index contributed by atoms with van der Waals surface area (Å²) in [5.74, 6) is -0.502. The van der Waals surface area contributed by atoms with Crippen LogP contribution in [0.4, 0.5) is 15.8 Å². The summed E-state index contributed by atoms with van der Waals surface area (Å²) in [6.07, 6.45) is 3.69. The van der Waals surface area contributed by atoms with E-state index in [9.17, 15) is 9.18 Å². The second kappa shape index (κ2) is 9.57. The molecule has 4 nitrogen and oxygen atoms in total. The molecule has 0 aliphatic carbocycles. The molecule has 1 saturated heterocycles. The van der Waals surface area contributed by atoms with Gasteiger partial charge in [0.15, 0.2) is 0 Å². The molecule has 0 aromatic heterocycles. The average molecular weight is 462 g/mol. The zero-order valence-corrected chi connectivity index (χ0v) is 19.6. The minimum Gasteiger partial charge on any atom is -0.348 e. The van der Waals surface area contributed by atoms with Gasteiger partial charge in [-0.15, -0.1) is 0 Å². The number of likely N-dealkylation sites (tertiary alicyclic amines) is 1. The van der Waals surface area contributed by atoms with E-state index >= 15 is 0 Å². The minimum atomic E-state index is -0.307. The van der Waals surface area contributed by atoms with E-state index in [-0.39, 0.29) is 24.4 Å². The molecule has 170 valence electrons. The third kappa shape index (κ3) is 4.37. The molecular weight excluding hydrogens is 433 g/mol. The molecule has 0 bridgehead atoms. The van der Waals surface area contributed by atoms with E-state index in [4.69, 9.17) is 0 Å². The number of fused-ring (bicyclic) bond motifs is 2. The van der Waals surface area contributed by atoms with Gasteiger partial charge in [0.2, 0.25) is 0 Å². The van der Waals surface area contributed by atoms with E-state index in [1.165, 1.54) is 29.5 Å². The van der Waals surface area contributed by atoms with Gasteiger partial charge in [0.25, 0.3) is 5.91 Å². The van der Waals surface area contributed by atoms with Crippen molar-refractivity contribution in [3.63, 3.8) is 0 Å². The van der Waals surface area contributed by atoms with Crippen LogP contribution >= 0.6 is 11.8 Å². The lowest BCUT2D eigenvalue weighted by Gasteiger charge is -2.42. The molecule has 1 amide bonds. The van der Waals surface area contributed by atoms with Crippen LogP contribution in [-0.2, 0) is 6.54 Å². The number of carbonyl (C=O) groups is 1. The van der Waals surface area contributed by atoms with Crippen LogP contribution in [0.2, 0.25) is 0 Å². The van der Waals surface area contributed by atoms with Crippen LogP contribution in [-0.4, -0.2) is 30.1 Å². The number of carbonyl (C=O) groups excluding carboxylic acids is 1. The van der Waals surface area contributed by atoms with Crippen molar-refractivity contribution in [2.24, 2.45) is 0 Å². The highest BCUT2D eigenvalue weighted by Gasteiger charge is 2.33. The molecule has 0 radical (unpaired) electrons. The first-order chi connectivity index (χ1) is 16.2. The molecule has 1 unspecified atom stereocenters. The fraction of sp³-hybridized carbons (Fsp3) is 0.296. The minimum absolute atomic E-state index is 0.162. The quantitative estimate of drug-likeness (QED) is 0.475. The predicted octanol–water partition coefficient (Wildman–Crippen LogP) is 6.19. The van der Waals surface area contributed by atoms with Crippen molar-refractivity contribution in [3.8, 4) is 0 Å². The molecule has 1 atom stereocenters. The zero-order chi connectivity index (χ0) is 22.8. The van der Waals surface area contributed by atoms with Crippen LogP contribution < -0.4 is 10.2 Å². The van der Waals surface area contributed by atoms with Gasteiger partial charge in [-0.1, -0.05) is 49.0 Å². The van der Waals surface area contributed by atoms with Crippen LogP contribution in [0.1, 0.15) is 42.1 Å². The number of para-hydroxylation sites is 1. The average Bonchev–Trinajstić information content (AvgIpc) is 3.38. The molecule has 2 aliphatic heterocycles. The number of anilines is 2. The van der Waals surface area contributed by atoms with Crippen molar-refractivity contribution in [1.82, 2.24) is 10.2 Å². The molecular formula is C27H28FN3OS. The first-order valence-electron chi connectivity index (χ1n) is 11.6. The Morgan fingerprint density at radius 1 is 1.00 bits per heavy atom. The van der Waals surface area contributed by atoms with Gasteiger partial charge >= 0.3 is 0 Å². The predicted molar refractivity (Wildman–Crippen MR) is 132 cm³/mol.